The number of nitrogens with zero attached hydrogens (tertiary/aromatic N) is 3. The molecule has 3 N–H and O–H groups in total. The molecule has 1 aliphatic rings. The van der Waals surface area contributed by atoms with Crippen LogP contribution in [0.15, 0.2) is 20.9 Å². The molecule has 1 aliphatic heterocycles. The number of carbonyl (C=O) groups excluding carboxylic acids is 2. The number of primary amides is 1. The third-order valence-electron chi connectivity index (χ3n) is 5.15. The normalized spacial score (nSPS) is 17.4. The molecule has 10 nitrogen and oxygen atoms in total. The van der Waals surface area contributed by atoms with Gasteiger partial charge in [0.2, 0.25) is 15.9 Å². The van der Waals surface area contributed by atoms with Crippen LogP contribution in [0.5, 0.6) is 0 Å². The zero-order valence-corrected chi connectivity index (χ0v) is 18.7. The maximum atomic E-state index is 13.1. The largest absolute Gasteiger partial charge is 0.366 e. The molecule has 1 fully saturated rings. The van der Waals surface area contributed by atoms with E-state index in [9.17, 15) is 18.0 Å². The van der Waals surface area contributed by atoms with Gasteiger partial charge >= 0.3 is 0 Å². The molecular formula is C18H25N5O5S2. The summed E-state index contributed by atoms with van der Waals surface area (Å²) < 4.78 is 32.5. The SMILES string of the molecule is Cc1noc(C)c1S(=O)(=O)N1CCCN(C(C)C(=O)Nc2sccc2C(N)=O)CC1. The first-order valence-electron chi connectivity index (χ1n) is 9.48. The minimum Gasteiger partial charge on any atom is -0.366 e. The molecule has 0 bridgehead atoms. The lowest BCUT2D eigenvalue weighted by Gasteiger charge is -2.26. The Morgan fingerprint density at radius 1 is 1.27 bits per heavy atom. The summed E-state index contributed by atoms with van der Waals surface area (Å²) in [6.45, 7) is 6.48. The Morgan fingerprint density at radius 2 is 2.00 bits per heavy atom. The third kappa shape index (κ3) is 4.41. The summed E-state index contributed by atoms with van der Waals surface area (Å²) in [5, 5.41) is 8.60. The van der Waals surface area contributed by atoms with E-state index >= 15 is 0 Å². The van der Waals surface area contributed by atoms with Gasteiger partial charge in [0, 0.05) is 26.2 Å². The van der Waals surface area contributed by atoms with Gasteiger partial charge in [0.25, 0.3) is 5.91 Å². The molecule has 0 saturated carbocycles. The van der Waals surface area contributed by atoms with Gasteiger partial charge in [-0.1, -0.05) is 5.16 Å². The molecular weight excluding hydrogens is 430 g/mol. The number of anilines is 1. The maximum absolute atomic E-state index is 13.1. The second-order valence-electron chi connectivity index (χ2n) is 7.14. The van der Waals surface area contributed by atoms with Crippen molar-refractivity contribution in [1.29, 1.82) is 0 Å². The number of amides is 2. The van der Waals surface area contributed by atoms with Gasteiger partial charge in [-0.05, 0) is 38.6 Å². The van der Waals surface area contributed by atoms with E-state index in [2.05, 4.69) is 10.5 Å². The zero-order valence-electron chi connectivity index (χ0n) is 17.0. The Kier molecular flexibility index (Phi) is 6.60. The lowest BCUT2D eigenvalue weighted by atomic mass is 10.2. The first kappa shape index (κ1) is 22.4. The van der Waals surface area contributed by atoms with Crippen molar-refractivity contribution in [1.82, 2.24) is 14.4 Å². The summed E-state index contributed by atoms with van der Waals surface area (Å²) in [5.41, 5.74) is 5.93. The van der Waals surface area contributed by atoms with Crippen molar-refractivity contribution in [2.45, 2.75) is 38.1 Å². The number of nitrogens with one attached hydrogen (secondary N) is 1. The van der Waals surface area contributed by atoms with Gasteiger partial charge < -0.3 is 15.6 Å². The highest BCUT2D eigenvalue weighted by Gasteiger charge is 2.33. The van der Waals surface area contributed by atoms with E-state index in [4.69, 9.17) is 10.3 Å². The van der Waals surface area contributed by atoms with Crippen LogP contribution in [0.2, 0.25) is 0 Å². The number of nitrogens with two attached hydrogens (primary N) is 1. The lowest BCUT2D eigenvalue weighted by molar-refractivity contribution is -0.120. The highest BCUT2D eigenvalue weighted by Crippen LogP contribution is 2.25. The van der Waals surface area contributed by atoms with Gasteiger partial charge in [0.15, 0.2) is 5.76 Å². The molecule has 3 rings (SSSR count). The summed E-state index contributed by atoms with van der Waals surface area (Å²) in [7, 11) is -3.73. The molecule has 1 atom stereocenters. The molecule has 0 spiro atoms. The summed E-state index contributed by atoms with van der Waals surface area (Å²) in [5.74, 6) is -0.612. The van der Waals surface area contributed by atoms with Crippen LogP contribution in [0.4, 0.5) is 5.00 Å². The minimum absolute atomic E-state index is 0.110. The molecule has 1 saturated heterocycles. The van der Waals surface area contributed by atoms with E-state index in [0.29, 0.717) is 36.8 Å². The number of aryl methyl sites for hydroxylation is 2. The van der Waals surface area contributed by atoms with E-state index < -0.39 is 22.0 Å². The van der Waals surface area contributed by atoms with Crippen molar-refractivity contribution in [3.63, 3.8) is 0 Å². The van der Waals surface area contributed by atoms with Crippen LogP contribution >= 0.6 is 11.3 Å². The van der Waals surface area contributed by atoms with Crippen molar-refractivity contribution < 1.29 is 22.5 Å². The number of aromatic nitrogens is 1. The molecule has 2 aromatic rings. The molecule has 164 valence electrons. The Hall–Kier alpha value is -2.28. The number of hydrogen-bond donors (Lipinski definition) is 2. The van der Waals surface area contributed by atoms with Crippen LogP contribution < -0.4 is 11.1 Å². The lowest BCUT2D eigenvalue weighted by Crippen LogP contribution is -2.44. The van der Waals surface area contributed by atoms with E-state index in [1.165, 1.54) is 15.6 Å². The van der Waals surface area contributed by atoms with Crippen molar-refractivity contribution >= 4 is 38.2 Å². The number of rotatable bonds is 6. The molecule has 2 aromatic heterocycles. The summed E-state index contributed by atoms with van der Waals surface area (Å²) in [6.07, 6.45) is 0.575. The first-order valence-corrected chi connectivity index (χ1v) is 11.8. The predicted molar refractivity (Wildman–Crippen MR) is 112 cm³/mol. The predicted octanol–water partition coefficient (Wildman–Crippen LogP) is 1.18. The molecule has 2 amide bonds. The van der Waals surface area contributed by atoms with Crippen LogP contribution in [0.25, 0.3) is 0 Å². The fourth-order valence-electron chi connectivity index (χ4n) is 3.50. The molecule has 0 aliphatic carbocycles. The molecule has 3 heterocycles. The van der Waals surface area contributed by atoms with Crippen LogP contribution in [0.1, 0.15) is 35.2 Å². The van der Waals surface area contributed by atoms with Gasteiger partial charge in [0.05, 0.1) is 11.6 Å². The van der Waals surface area contributed by atoms with E-state index in [1.54, 1.807) is 32.2 Å². The van der Waals surface area contributed by atoms with E-state index in [-0.39, 0.29) is 28.7 Å². The molecule has 30 heavy (non-hydrogen) atoms. The van der Waals surface area contributed by atoms with E-state index in [1.807, 2.05) is 4.90 Å². The van der Waals surface area contributed by atoms with Crippen molar-refractivity contribution in [2.75, 3.05) is 31.5 Å². The average Bonchev–Trinajstić information content (AvgIpc) is 3.18. The fraction of sp³-hybridized carbons (Fsp3) is 0.500. The van der Waals surface area contributed by atoms with Gasteiger partial charge in [-0.15, -0.1) is 11.3 Å². The summed E-state index contributed by atoms with van der Waals surface area (Å²) in [4.78, 5) is 26.2. The average molecular weight is 456 g/mol. The second kappa shape index (κ2) is 8.84. The summed E-state index contributed by atoms with van der Waals surface area (Å²) in [6, 6.07) is 1.06. The van der Waals surface area contributed by atoms with Gasteiger partial charge in [0.1, 0.15) is 15.6 Å². The molecule has 0 radical (unpaired) electrons. The Labute approximate surface area is 179 Å². The Balaban J connectivity index is 1.68. The smallest absolute Gasteiger partial charge is 0.251 e. The molecule has 1 unspecified atom stereocenters. The topological polar surface area (TPSA) is 139 Å². The maximum Gasteiger partial charge on any atom is 0.251 e. The first-order chi connectivity index (χ1) is 14.1. The Morgan fingerprint density at radius 3 is 2.63 bits per heavy atom. The quantitative estimate of drug-likeness (QED) is 0.667. The number of carbonyl (C=O) groups is 2. The monoisotopic (exact) mass is 455 g/mol. The number of sulfonamides is 1. The van der Waals surface area contributed by atoms with Gasteiger partial charge in [-0.25, -0.2) is 8.42 Å². The minimum atomic E-state index is -3.73. The van der Waals surface area contributed by atoms with Crippen molar-refractivity contribution in [3.8, 4) is 0 Å². The number of hydrogen-bond acceptors (Lipinski definition) is 8. The molecule has 12 heteroatoms. The van der Waals surface area contributed by atoms with Crippen molar-refractivity contribution in [2.24, 2.45) is 5.73 Å². The second-order valence-corrected chi connectivity index (χ2v) is 9.93. The van der Waals surface area contributed by atoms with Gasteiger partial charge in [-0.3, -0.25) is 14.5 Å². The van der Waals surface area contributed by atoms with Crippen LogP contribution in [-0.2, 0) is 14.8 Å². The van der Waals surface area contributed by atoms with Crippen LogP contribution in [-0.4, -0.2) is 66.8 Å². The number of thiophene rings is 1. The summed E-state index contributed by atoms with van der Waals surface area (Å²) >= 11 is 1.23. The van der Waals surface area contributed by atoms with Crippen molar-refractivity contribution in [3.05, 3.63) is 28.5 Å². The molecule has 0 aromatic carbocycles. The zero-order chi connectivity index (χ0) is 22.1. The Bertz CT molecular complexity index is 1030. The standard InChI is InChI=1S/C18H25N5O5S2/c1-11-15(13(3)28-21-11)30(26,27)23-7-4-6-22(8-9-23)12(2)17(25)20-18-14(16(19)24)5-10-29-18/h5,10,12H,4,6-9H2,1-3H3,(H2,19,24)(H,20,25). The fourth-order valence-corrected chi connectivity index (χ4v) is 6.05. The highest BCUT2D eigenvalue weighted by atomic mass is 32.2. The van der Waals surface area contributed by atoms with Crippen LogP contribution in [0, 0.1) is 13.8 Å². The highest BCUT2D eigenvalue weighted by molar-refractivity contribution is 7.89. The van der Waals surface area contributed by atoms with Gasteiger partial charge in [-0.2, -0.15) is 4.31 Å². The third-order valence-corrected chi connectivity index (χ3v) is 8.12. The van der Waals surface area contributed by atoms with Crippen LogP contribution in [0.3, 0.4) is 0 Å². The van der Waals surface area contributed by atoms with E-state index in [0.717, 1.165) is 0 Å².